The fraction of sp³-hybridized carbons (Fsp3) is 0.391. The van der Waals surface area contributed by atoms with Crippen LogP contribution >= 0.6 is 0 Å². The van der Waals surface area contributed by atoms with Crippen LogP contribution in [0.4, 0.5) is 10.5 Å². The Bertz CT molecular complexity index is 1120. The molecule has 1 aromatic heterocycles. The van der Waals surface area contributed by atoms with Crippen LogP contribution in [-0.2, 0) is 11.3 Å². The molecule has 10 nitrogen and oxygen atoms in total. The SMILES string of the molecule is CN(CCN(C)C(=O)OC(C)(C)C)Cc1n[nH]c2ccc(Oc3ccc([N+](=O)[O-])cc3)cc12. The quantitative estimate of drug-likeness (QED) is 0.391. The maximum Gasteiger partial charge on any atom is 0.410 e. The number of ether oxygens (including phenoxy) is 2. The molecule has 0 aliphatic heterocycles. The van der Waals surface area contributed by atoms with Crippen molar-refractivity contribution in [3.8, 4) is 11.5 Å². The molecule has 0 fully saturated rings. The minimum absolute atomic E-state index is 0.00951. The van der Waals surface area contributed by atoms with Gasteiger partial charge in [0, 0.05) is 44.2 Å². The number of hydrogen-bond acceptors (Lipinski definition) is 7. The summed E-state index contributed by atoms with van der Waals surface area (Å²) >= 11 is 0. The highest BCUT2D eigenvalue weighted by Crippen LogP contribution is 2.28. The zero-order valence-electron chi connectivity index (χ0n) is 19.5. The minimum atomic E-state index is -0.528. The van der Waals surface area contributed by atoms with E-state index in [0.717, 1.165) is 16.6 Å². The van der Waals surface area contributed by atoms with E-state index in [1.807, 2.05) is 46.0 Å². The number of benzene rings is 2. The molecule has 0 saturated carbocycles. The number of nitro groups is 1. The van der Waals surface area contributed by atoms with E-state index in [-0.39, 0.29) is 11.8 Å². The fourth-order valence-corrected chi connectivity index (χ4v) is 3.09. The average Bonchev–Trinajstić information content (AvgIpc) is 3.13. The summed E-state index contributed by atoms with van der Waals surface area (Å²) in [4.78, 5) is 26.1. The average molecular weight is 456 g/mol. The first-order valence-electron chi connectivity index (χ1n) is 10.5. The van der Waals surface area contributed by atoms with Gasteiger partial charge < -0.3 is 14.4 Å². The predicted molar refractivity (Wildman–Crippen MR) is 124 cm³/mol. The van der Waals surface area contributed by atoms with E-state index in [0.29, 0.717) is 31.1 Å². The van der Waals surface area contributed by atoms with Crippen LogP contribution < -0.4 is 4.74 Å². The van der Waals surface area contributed by atoms with Crippen molar-refractivity contribution in [3.63, 3.8) is 0 Å². The summed E-state index contributed by atoms with van der Waals surface area (Å²) in [5.41, 5.74) is 1.21. The normalized spacial score (nSPS) is 11.6. The third kappa shape index (κ3) is 6.66. The van der Waals surface area contributed by atoms with Gasteiger partial charge in [0.05, 0.1) is 16.1 Å². The highest BCUT2D eigenvalue weighted by Gasteiger charge is 2.20. The summed E-state index contributed by atoms with van der Waals surface area (Å²) in [7, 11) is 3.67. The standard InChI is InChI=1S/C23H29N5O5/c1-23(2,3)33-22(29)27(5)13-12-26(4)15-21-19-14-18(10-11-20(19)24-25-21)32-17-8-6-16(7-9-17)28(30)31/h6-11,14H,12-13,15H2,1-5H3,(H,24,25). The summed E-state index contributed by atoms with van der Waals surface area (Å²) in [6.07, 6.45) is -0.353. The Morgan fingerprint density at radius 1 is 1.09 bits per heavy atom. The summed E-state index contributed by atoms with van der Waals surface area (Å²) in [6.45, 7) is 7.25. The lowest BCUT2D eigenvalue weighted by molar-refractivity contribution is -0.384. The second-order valence-electron chi connectivity index (χ2n) is 8.87. The molecule has 33 heavy (non-hydrogen) atoms. The van der Waals surface area contributed by atoms with Gasteiger partial charge >= 0.3 is 6.09 Å². The van der Waals surface area contributed by atoms with Gasteiger partial charge in [-0.15, -0.1) is 0 Å². The molecule has 1 amide bonds. The fourth-order valence-electron chi connectivity index (χ4n) is 3.09. The van der Waals surface area contributed by atoms with Gasteiger partial charge in [-0.25, -0.2) is 4.79 Å². The molecule has 10 heteroatoms. The number of H-pyrrole nitrogens is 1. The molecule has 3 rings (SSSR count). The van der Waals surface area contributed by atoms with E-state index < -0.39 is 10.5 Å². The second kappa shape index (κ2) is 9.86. The van der Waals surface area contributed by atoms with Crippen molar-refractivity contribution < 1.29 is 19.2 Å². The van der Waals surface area contributed by atoms with E-state index in [2.05, 4.69) is 15.1 Å². The number of non-ortho nitro benzene ring substituents is 1. The Labute approximate surface area is 192 Å². The summed E-state index contributed by atoms with van der Waals surface area (Å²) in [6, 6.07) is 11.5. The van der Waals surface area contributed by atoms with E-state index >= 15 is 0 Å². The molecule has 1 heterocycles. The molecular formula is C23H29N5O5. The third-order valence-electron chi connectivity index (χ3n) is 4.84. The summed E-state index contributed by atoms with van der Waals surface area (Å²) in [5, 5.41) is 19.2. The number of fused-ring (bicyclic) bond motifs is 1. The number of nitrogens with zero attached hydrogens (tertiary/aromatic N) is 4. The van der Waals surface area contributed by atoms with Crippen LogP contribution in [0.15, 0.2) is 42.5 Å². The first-order valence-corrected chi connectivity index (χ1v) is 10.5. The van der Waals surface area contributed by atoms with Crippen LogP contribution in [-0.4, -0.2) is 63.8 Å². The number of aromatic amines is 1. The van der Waals surface area contributed by atoms with Crippen molar-refractivity contribution in [1.29, 1.82) is 0 Å². The van der Waals surface area contributed by atoms with Crippen LogP contribution in [0.3, 0.4) is 0 Å². The zero-order valence-corrected chi connectivity index (χ0v) is 19.5. The minimum Gasteiger partial charge on any atom is -0.457 e. The van der Waals surface area contributed by atoms with Gasteiger partial charge in [-0.1, -0.05) is 0 Å². The molecule has 1 N–H and O–H groups in total. The molecule has 0 unspecified atom stereocenters. The van der Waals surface area contributed by atoms with E-state index in [1.165, 1.54) is 12.1 Å². The van der Waals surface area contributed by atoms with E-state index in [4.69, 9.17) is 9.47 Å². The zero-order chi connectivity index (χ0) is 24.2. The van der Waals surface area contributed by atoms with Crippen LogP contribution in [0.25, 0.3) is 10.9 Å². The molecule has 0 bridgehead atoms. The van der Waals surface area contributed by atoms with Gasteiger partial charge in [0.1, 0.15) is 17.1 Å². The predicted octanol–water partition coefficient (Wildman–Crippen LogP) is 4.56. The van der Waals surface area contributed by atoms with Crippen molar-refractivity contribution in [2.75, 3.05) is 27.2 Å². The van der Waals surface area contributed by atoms with Crippen LogP contribution in [0.2, 0.25) is 0 Å². The van der Waals surface area contributed by atoms with Gasteiger partial charge in [0.2, 0.25) is 0 Å². The number of nitro benzene ring substituents is 1. The Balaban J connectivity index is 1.62. The number of carbonyl (C=O) groups is 1. The Morgan fingerprint density at radius 3 is 2.39 bits per heavy atom. The smallest absolute Gasteiger partial charge is 0.410 e. The number of likely N-dealkylation sites (N-methyl/N-ethyl adjacent to an activating group) is 2. The number of rotatable bonds is 8. The molecule has 0 spiro atoms. The Kier molecular flexibility index (Phi) is 7.17. The maximum atomic E-state index is 12.1. The van der Waals surface area contributed by atoms with Crippen molar-refractivity contribution in [1.82, 2.24) is 20.0 Å². The molecular weight excluding hydrogens is 426 g/mol. The van der Waals surface area contributed by atoms with Crippen LogP contribution in [0, 0.1) is 10.1 Å². The Hall–Kier alpha value is -3.66. The van der Waals surface area contributed by atoms with Gasteiger partial charge in [-0.2, -0.15) is 5.10 Å². The summed E-state index contributed by atoms with van der Waals surface area (Å²) in [5.74, 6) is 1.11. The van der Waals surface area contributed by atoms with Crippen molar-refractivity contribution in [3.05, 3.63) is 58.3 Å². The van der Waals surface area contributed by atoms with Crippen molar-refractivity contribution >= 4 is 22.7 Å². The third-order valence-corrected chi connectivity index (χ3v) is 4.84. The molecule has 0 aliphatic rings. The molecule has 0 aliphatic carbocycles. The number of nitrogens with one attached hydrogen (secondary N) is 1. The highest BCUT2D eigenvalue weighted by atomic mass is 16.6. The number of hydrogen-bond donors (Lipinski definition) is 1. The highest BCUT2D eigenvalue weighted by molar-refractivity contribution is 5.82. The second-order valence-corrected chi connectivity index (χ2v) is 8.87. The lowest BCUT2D eigenvalue weighted by Crippen LogP contribution is -2.38. The number of aromatic nitrogens is 2. The molecule has 0 saturated heterocycles. The lowest BCUT2D eigenvalue weighted by atomic mass is 10.2. The topological polar surface area (TPSA) is 114 Å². The molecule has 2 aromatic carbocycles. The Morgan fingerprint density at radius 2 is 1.76 bits per heavy atom. The van der Waals surface area contributed by atoms with Gasteiger partial charge in [0.15, 0.2) is 0 Å². The largest absolute Gasteiger partial charge is 0.457 e. The maximum absolute atomic E-state index is 12.1. The molecule has 176 valence electrons. The molecule has 0 atom stereocenters. The van der Waals surface area contributed by atoms with Gasteiger partial charge in [-0.05, 0) is 58.2 Å². The van der Waals surface area contributed by atoms with E-state index in [9.17, 15) is 14.9 Å². The summed E-state index contributed by atoms with van der Waals surface area (Å²) < 4.78 is 11.2. The number of amides is 1. The first kappa shape index (κ1) is 24.0. The van der Waals surface area contributed by atoms with Gasteiger partial charge in [-0.3, -0.25) is 20.1 Å². The molecule has 3 aromatic rings. The van der Waals surface area contributed by atoms with Gasteiger partial charge in [0.25, 0.3) is 5.69 Å². The molecule has 0 radical (unpaired) electrons. The van der Waals surface area contributed by atoms with Crippen molar-refractivity contribution in [2.24, 2.45) is 0 Å². The van der Waals surface area contributed by atoms with E-state index in [1.54, 1.807) is 24.1 Å². The van der Waals surface area contributed by atoms with Crippen LogP contribution in [0.5, 0.6) is 11.5 Å². The van der Waals surface area contributed by atoms with Crippen LogP contribution in [0.1, 0.15) is 26.5 Å². The van der Waals surface area contributed by atoms with Crippen molar-refractivity contribution in [2.45, 2.75) is 32.9 Å². The first-order chi connectivity index (χ1) is 15.5. The monoisotopic (exact) mass is 455 g/mol. The number of carbonyl (C=O) groups excluding carboxylic acids is 1. The lowest BCUT2D eigenvalue weighted by Gasteiger charge is -2.26.